The van der Waals surface area contributed by atoms with Gasteiger partial charge in [-0.05, 0) is 29.9 Å². The third-order valence-electron chi connectivity index (χ3n) is 2.69. The van der Waals surface area contributed by atoms with Crippen molar-refractivity contribution < 1.29 is 0 Å². The molecular formula is C10H10S. The first-order chi connectivity index (χ1) is 5.45. The van der Waals surface area contributed by atoms with Crippen molar-refractivity contribution in [1.82, 2.24) is 0 Å². The van der Waals surface area contributed by atoms with Gasteiger partial charge in [0, 0.05) is 10.6 Å². The fourth-order valence-electron chi connectivity index (χ4n) is 1.93. The van der Waals surface area contributed by atoms with Crippen molar-refractivity contribution in [3.8, 4) is 0 Å². The highest BCUT2D eigenvalue weighted by atomic mass is 32.2. The summed E-state index contributed by atoms with van der Waals surface area (Å²) in [7, 11) is 0. The van der Waals surface area contributed by atoms with Crippen LogP contribution in [0.2, 0.25) is 0 Å². The average molecular weight is 162 g/mol. The van der Waals surface area contributed by atoms with Crippen LogP contribution in [0.25, 0.3) is 0 Å². The van der Waals surface area contributed by atoms with Gasteiger partial charge in [-0.15, -0.1) is 11.8 Å². The van der Waals surface area contributed by atoms with E-state index in [1.54, 1.807) is 5.56 Å². The van der Waals surface area contributed by atoms with Gasteiger partial charge in [0.1, 0.15) is 0 Å². The first-order valence-electron chi connectivity index (χ1n) is 4.17. The summed E-state index contributed by atoms with van der Waals surface area (Å²) in [6.07, 6.45) is 1.45. The van der Waals surface area contributed by atoms with Crippen molar-refractivity contribution in [2.45, 2.75) is 17.2 Å². The first kappa shape index (κ1) is 6.13. The zero-order chi connectivity index (χ0) is 7.26. The van der Waals surface area contributed by atoms with E-state index in [0.29, 0.717) is 0 Å². The molecule has 1 saturated carbocycles. The van der Waals surface area contributed by atoms with E-state index >= 15 is 0 Å². The van der Waals surface area contributed by atoms with Crippen molar-refractivity contribution in [2.24, 2.45) is 5.92 Å². The predicted molar refractivity (Wildman–Crippen MR) is 48.0 cm³/mol. The normalized spacial score (nSPS) is 32.4. The largest absolute Gasteiger partial charge is 0.126 e. The summed E-state index contributed by atoms with van der Waals surface area (Å²) in [5.41, 5.74) is 1.62. The quantitative estimate of drug-likeness (QED) is 0.565. The van der Waals surface area contributed by atoms with Crippen molar-refractivity contribution in [3.05, 3.63) is 29.8 Å². The molecule has 0 saturated heterocycles. The van der Waals surface area contributed by atoms with Crippen LogP contribution in [-0.4, -0.2) is 5.75 Å². The van der Waals surface area contributed by atoms with Crippen LogP contribution in [0.3, 0.4) is 0 Å². The lowest BCUT2D eigenvalue weighted by Crippen LogP contribution is -1.95. The fraction of sp³-hybridized carbons (Fsp3) is 0.400. The minimum Gasteiger partial charge on any atom is -0.126 e. The molecule has 0 N–H and O–H groups in total. The van der Waals surface area contributed by atoms with E-state index in [0.717, 1.165) is 11.8 Å². The van der Waals surface area contributed by atoms with Crippen molar-refractivity contribution in [3.63, 3.8) is 0 Å². The molecule has 1 aliphatic carbocycles. The van der Waals surface area contributed by atoms with Crippen LogP contribution in [-0.2, 0) is 0 Å². The van der Waals surface area contributed by atoms with Crippen LogP contribution < -0.4 is 0 Å². The molecule has 2 atom stereocenters. The molecule has 0 unspecified atom stereocenters. The monoisotopic (exact) mass is 162 g/mol. The highest BCUT2D eigenvalue weighted by Crippen LogP contribution is 2.55. The Morgan fingerprint density at radius 3 is 3.18 bits per heavy atom. The number of hydrogen-bond donors (Lipinski definition) is 0. The Bertz CT molecular complexity index is 293. The van der Waals surface area contributed by atoms with Crippen LogP contribution in [0.15, 0.2) is 29.2 Å². The maximum Gasteiger partial charge on any atom is 0.0107 e. The second-order valence-corrected chi connectivity index (χ2v) is 4.51. The zero-order valence-corrected chi connectivity index (χ0v) is 7.10. The Labute approximate surface area is 71.0 Å². The van der Waals surface area contributed by atoms with Gasteiger partial charge in [-0.2, -0.15) is 0 Å². The van der Waals surface area contributed by atoms with Gasteiger partial charge < -0.3 is 0 Å². The molecule has 11 heavy (non-hydrogen) atoms. The van der Waals surface area contributed by atoms with E-state index in [9.17, 15) is 0 Å². The molecule has 0 spiro atoms. The molecule has 0 amide bonds. The van der Waals surface area contributed by atoms with Gasteiger partial charge >= 0.3 is 0 Å². The van der Waals surface area contributed by atoms with E-state index in [1.807, 2.05) is 11.8 Å². The average Bonchev–Trinajstić information content (AvgIpc) is 2.83. The molecule has 2 aliphatic rings. The number of thioether (sulfide) groups is 1. The van der Waals surface area contributed by atoms with E-state index in [-0.39, 0.29) is 0 Å². The Morgan fingerprint density at radius 1 is 1.27 bits per heavy atom. The number of hydrogen-bond acceptors (Lipinski definition) is 1. The molecule has 56 valence electrons. The molecule has 1 fully saturated rings. The smallest absolute Gasteiger partial charge is 0.0107 e. The maximum absolute atomic E-state index is 2.30. The summed E-state index contributed by atoms with van der Waals surface area (Å²) in [6.45, 7) is 0. The third-order valence-corrected chi connectivity index (χ3v) is 3.97. The van der Waals surface area contributed by atoms with Crippen molar-refractivity contribution in [2.75, 3.05) is 5.75 Å². The molecule has 3 rings (SSSR count). The Morgan fingerprint density at radius 2 is 2.18 bits per heavy atom. The Kier molecular flexibility index (Phi) is 1.14. The van der Waals surface area contributed by atoms with Crippen LogP contribution in [0.1, 0.15) is 17.9 Å². The second-order valence-electron chi connectivity index (χ2n) is 3.45. The van der Waals surface area contributed by atoms with Gasteiger partial charge in [-0.25, -0.2) is 0 Å². The summed E-state index contributed by atoms with van der Waals surface area (Å²) in [5, 5.41) is 0. The number of benzene rings is 1. The summed E-state index contributed by atoms with van der Waals surface area (Å²) >= 11 is 2.04. The minimum absolute atomic E-state index is 0.937. The van der Waals surface area contributed by atoms with E-state index in [1.165, 1.54) is 17.1 Å². The summed E-state index contributed by atoms with van der Waals surface area (Å²) in [4.78, 5) is 1.53. The van der Waals surface area contributed by atoms with E-state index < -0.39 is 0 Å². The second kappa shape index (κ2) is 2.04. The van der Waals surface area contributed by atoms with Crippen molar-refractivity contribution in [1.29, 1.82) is 0 Å². The van der Waals surface area contributed by atoms with Crippen molar-refractivity contribution >= 4 is 11.8 Å². The van der Waals surface area contributed by atoms with Gasteiger partial charge in [-0.1, -0.05) is 18.2 Å². The molecule has 1 aromatic rings. The lowest BCUT2D eigenvalue weighted by Gasteiger charge is -2.12. The number of rotatable bonds is 0. The van der Waals surface area contributed by atoms with Crippen LogP contribution >= 0.6 is 11.8 Å². The lowest BCUT2D eigenvalue weighted by atomic mass is 10.1. The predicted octanol–water partition coefficient (Wildman–Crippen LogP) is 2.90. The molecule has 0 radical (unpaired) electrons. The molecular weight excluding hydrogens is 152 g/mol. The standard InChI is InChI=1S/C10H10S/c1-2-4-10-8(3-1)9-5-7(9)6-11-10/h1-4,7,9H,5-6H2/t7-,9-/m1/s1. The molecule has 1 heteroatoms. The van der Waals surface area contributed by atoms with Gasteiger partial charge in [0.2, 0.25) is 0 Å². The molecule has 0 nitrogen and oxygen atoms in total. The SMILES string of the molecule is c1ccc2c(c1)SC[C@H]1C[C@@H]21. The number of fused-ring (bicyclic) bond motifs is 3. The van der Waals surface area contributed by atoms with Gasteiger partial charge in [0.25, 0.3) is 0 Å². The Balaban J connectivity index is 2.14. The van der Waals surface area contributed by atoms with Crippen LogP contribution in [0.4, 0.5) is 0 Å². The third kappa shape index (κ3) is 0.839. The summed E-state index contributed by atoms with van der Waals surface area (Å²) < 4.78 is 0. The maximum atomic E-state index is 2.30. The zero-order valence-electron chi connectivity index (χ0n) is 6.29. The highest BCUT2D eigenvalue weighted by molar-refractivity contribution is 7.99. The summed E-state index contributed by atoms with van der Waals surface area (Å²) in [6, 6.07) is 8.87. The lowest BCUT2D eigenvalue weighted by molar-refractivity contribution is 0.891. The Hall–Kier alpha value is -0.430. The molecule has 0 bridgehead atoms. The van der Waals surface area contributed by atoms with Gasteiger partial charge in [0.15, 0.2) is 0 Å². The van der Waals surface area contributed by atoms with Gasteiger partial charge in [0.05, 0.1) is 0 Å². The molecule has 1 aliphatic heterocycles. The minimum atomic E-state index is 0.937. The first-order valence-corrected chi connectivity index (χ1v) is 5.15. The highest BCUT2D eigenvalue weighted by Gasteiger charge is 2.42. The summed E-state index contributed by atoms with van der Waals surface area (Å²) in [5.74, 6) is 3.32. The van der Waals surface area contributed by atoms with E-state index in [4.69, 9.17) is 0 Å². The molecule has 0 aromatic heterocycles. The van der Waals surface area contributed by atoms with Crippen LogP contribution in [0, 0.1) is 5.92 Å². The van der Waals surface area contributed by atoms with Crippen LogP contribution in [0.5, 0.6) is 0 Å². The molecule has 1 heterocycles. The molecule has 1 aromatic carbocycles. The van der Waals surface area contributed by atoms with E-state index in [2.05, 4.69) is 24.3 Å². The van der Waals surface area contributed by atoms with Gasteiger partial charge in [-0.3, -0.25) is 0 Å². The topological polar surface area (TPSA) is 0 Å². The fourth-order valence-corrected chi connectivity index (χ4v) is 3.25.